The highest BCUT2D eigenvalue weighted by Crippen LogP contribution is 2.30. The molecule has 0 unspecified atom stereocenters. The molecule has 4 aromatic rings. The molecule has 8 heteroatoms. The number of imidazole rings is 1. The summed E-state index contributed by atoms with van der Waals surface area (Å²) >= 11 is 1.64. The summed E-state index contributed by atoms with van der Waals surface area (Å²) in [6.45, 7) is 7.24. The number of fused-ring (bicyclic) bond motifs is 1. The summed E-state index contributed by atoms with van der Waals surface area (Å²) in [5.74, 6) is 1.60. The molecule has 0 N–H and O–H groups in total. The minimum Gasteiger partial charge on any atom is -0.467 e. The van der Waals surface area contributed by atoms with Crippen molar-refractivity contribution < 1.29 is 12.8 Å². The molecule has 0 bridgehead atoms. The van der Waals surface area contributed by atoms with E-state index in [1.807, 2.05) is 32.0 Å². The Labute approximate surface area is 199 Å². The van der Waals surface area contributed by atoms with Gasteiger partial charge in [-0.05, 0) is 47.9 Å². The van der Waals surface area contributed by atoms with Gasteiger partial charge in [0.15, 0.2) is 5.16 Å². The third kappa shape index (κ3) is 5.03. The van der Waals surface area contributed by atoms with Gasteiger partial charge in [0.05, 0.1) is 28.7 Å². The van der Waals surface area contributed by atoms with E-state index in [9.17, 15) is 8.42 Å². The Morgan fingerprint density at radius 2 is 1.73 bits per heavy atom. The summed E-state index contributed by atoms with van der Waals surface area (Å²) in [5, 5.41) is 0.832. The molecule has 0 radical (unpaired) electrons. The molecule has 0 aliphatic heterocycles. The van der Waals surface area contributed by atoms with Gasteiger partial charge in [0.1, 0.15) is 5.76 Å². The van der Waals surface area contributed by atoms with Crippen molar-refractivity contribution in [3.63, 3.8) is 0 Å². The predicted octanol–water partition coefficient (Wildman–Crippen LogP) is 5.56. The Bertz CT molecular complexity index is 1310. The van der Waals surface area contributed by atoms with Gasteiger partial charge in [-0.3, -0.25) is 0 Å². The van der Waals surface area contributed by atoms with E-state index in [1.165, 1.54) is 15.4 Å². The van der Waals surface area contributed by atoms with Gasteiger partial charge in [-0.1, -0.05) is 56.8 Å². The number of nitrogens with zero attached hydrogens (tertiary/aromatic N) is 3. The van der Waals surface area contributed by atoms with E-state index in [4.69, 9.17) is 9.40 Å². The summed E-state index contributed by atoms with van der Waals surface area (Å²) < 4.78 is 35.2. The van der Waals surface area contributed by atoms with Crippen molar-refractivity contribution in [2.24, 2.45) is 0 Å². The lowest BCUT2D eigenvalue weighted by molar-refractivity contribution is 0.445. The fraction of sp³-hybridized carbons (Fsp3) is 0.320. The van der Waals surface area contributed by atoms with Gasteiger partial charge >= 0.3 is 0 Å². The number of furan rings is 1. The maximum Gasteiger partial charge on any atom is 0.243 e. The number of aromatic nitrogens is 2. The fourth-order valence-electron chi connectivity index (χ4n) is 3.80. The van der Waals surface area contributed by atoms with Crippen molar-refractivity contribution in [2.45, 2.75) is 49.5 Å². The van der Waals surface area contributed by atoms with Gasteiger partial charge < -0.3 is 8.98 Å². The van der Waals surface area contributed by atoms with Gasteiger partial charge in [-0.25, -0.2) is 13.4 Å². The smallest absolute Gasteiger partial charge is 0.243 e. The van der Waals surface area contributed by atoms with E-state index < -0.39 is 10.0 Å². The Balaban J connectivity index is 1.70. The summed E-state index contributed by atoms with van der Waals surface area (Å²) in [6, 6.07) is 17.6. The van der Waals surface area contributed by atoms with Gasteiger partial charge in [0.2, 0.25) is 10.0 Å². The van der Waals surface area contributed by atoms with Crippen LogP contribution in [0, 0.1) is 0 Å². The number of hydrogen-bond donors (Lipinski definition) is 0. The maximum atomic E-state index is 13.0. The lowest BCUT2D eigenvalue weighted by Gasteiger charge is -2.18. The molecule has 2 aromatic heterocycles. The molecule has 0 fully saturated rings. The molecule has 0 saturated heterocycles. The van der Waals surface area contributed by atoms with E-state index >= 15 is 0 Å². The molecular formula is C25H29N3O3S2. The average Bonchev–Trinajstić information content (AvgIpc) is 3.46. The number of sulfonamides is 1. The first kappa shape index (κ1) is 23.6. The monoisotopic (exact) mass is 483 g/mol. The number of aryl methyl sites for hydroxylation is 1. The van der Waals surface area contributed by atoms with Crippen molar-refractivity contribution in [3.05, 3.63) is 77.7 Å². The number of rotatable bonds is 10. The van der Waals surface area contributed by atoms with E-state index in [2.05, 4.69) is 35.8 Å². The zero-order valence-electron chi connectivity index (χ0n) is 19.2. The average molecular weight is 484 g/mol. The van der Waals surface area contributed by atoms with E-state index in [1.54, 1.807) is 30.2 Å². The molecule has 0 amide bonds. The standard InChI is InChI=1S/C25H29N3O3S2/c1-4-19-9-11-20(12-10-19)18-32-25-26-23-16-22(33(29,30)27(5-2)6-3)13-14-24(23)28(25)17-21-8-7-15-31-21/h7-16H,4-6,17-18H2,1-3H3. The lowest BCUT2D eigenvalue weighted by atomic mass is 10.1. The van der Waals surface area contributed by atoms with Crippen LogP contribution in [0.4, 0.5) is 0 Å². The van der Waals surface area contributed by atoms with Crippen molar-refractivity contribution in [1.29, 1.82) is 0 Å². The summed E-state index contributed by atoms with van der Waals surface area (Å²) in [5.41, 5.74) is 4.08. The highest BCUT2D eigenvalue weighted by Gasteiger charge is 2.23. The molecule has 2 heterocycles. The topological polar surface area (TPSA) is 68.3 Å². The second-order valence-corrected chi connectivity index (χ2v) is 10.6. The Morgan fingerprint density at radius 1 is 1.00 bits per heavy atom. The zero-order chi connectivity index (χ0) is 23.4. The first-order valence-electron chi connectivity index (χ1n) is 11.2. The number of benzene rings is 2. The third-order valence-corrected chi connectivity index (χ3v) is 8.81. The largest absolute Gasteiger partial charge is 0.467 e. The van der Waals surface area contributed by atoms with Crippen LogP contribution in [0.5, 0.6) is 0 Å². The predicted molar refractivity (Wildman–Crippen MR) is 133 cm³/mol. The van der Waals surface area contributed by atoms with Crippen molar-refractivity contribution >= 4 is 32.8 Å². The molecule has 0 aliphatic rings. The molecule has 0 atom stereocenters. The number of hydrogen-bond acceptors (Lipinski definition) is 5. The van der Waals surface area contributed by atoms with Crippen LogP contribution in [0.15, 0.2) is 75.3 Å². The van der Waals surface area contributed by atoms with Crippen LogP contribution in [-0.2, 0) is 28.7 Å². The normalized spacial score (nSPS) is 12.1. The van der Waals surface area contributed by atoms with Gasteiger partial charge in [0.25, 0.3) is 0 Å². The Hall–Kier alpha value is -2.55. The van der Waals surface area contributed by atoms with Gasteiger partial charge in [0, 0.05) is 18.8 Å². The second kappa shape index (κ2) is 10.2. The van der Waals surface area contributed by atoms with Crippen LogP contribution in [0.1, 0.15) is 37.7 Å². The second-order valence-electron chi connectivity index (χ2n) is 7.76. The minimum atomic E-state index is -3.55. The highest BCUT2D eigenvalue weighted by molar-refractivity contribution is 7.98. The minimum absolute atomic E-state index is 0.271. The van der Waals surface area contributed by atoms with Crippen LogP contribution >= 0.6 is 11.8 Å². The molecule has 33 heavy (non-hydrogen) atoms. The molecule has 6 nitrogen and oxygen atoms in total. The molecule has 0 spiro atoms. The van der Waals surface area contributed by atoms with E-state index in [0.29, 0.717) is 25.2 Å². The molecule has 4 rings (SSSR count). The molecule has 174 valence electrons. The lowest BCUT2D eigenvalue weighted by Crippen LogP contribution is -2.30. The van der Waals surface area contributed by atoms with Crippen LogP contribution in [-0.4, -0.2) is 35.4 Å². The fourth-order valence-corrected chi connectivity index (χ4v) is 6.25. The SMILES string of the molecule is CCc1ccc(CSc2nc3cc(S(=O)(=O)N(CC)CC)ccc3n2Cc2ccco2)cc1. The summed E-state index contributed by atoms with van der Waals surface area (Å²) in [4.78, 5) is 5.10. The van der Waals surface area contributed by atoms with Gasteiger partial charge in [-0.2, -0.15) is 4.31 Å². The van der Waals surface area contributed by atoms with Crippen LogP contribution in [0.2, 0.25) is 0 Å². The van der Waals surface area contributed by atoms with Gasteiger partial charge in [-0.15, -0.1) is 0 Å². The van der Waals surface area contributed by atoms with Crippen LogP contribution < -0.4 is 0 Å². The first-order valence-corrected chi connectivity index (χ1v) is 13.6. The Morgan fingerprint density at radius 3 is 2.36 bits per heavy atom. The molecular weight excluding hydrogens is 454 g/mol. The van der Waals surface area contributed by atoms with Crippen LogP contribution in [0.3, 0.4) is 0 Å². The van der Waals surface area contributed by atoms with Crippen molar-refractivity contribution in [3.8, 4) is 0 Å². The molecule has 0 aliphatic carbocycles. The Kier molecular flexibility index (Phi) is 7.26. The quantitative estimate of drug-likeness (QED) is 0.276. The maximum absolute atomic E-state index is 13.0. The summed E-state index contributed by atoms with van der Waals surface area (Å²) in [7, 11) is -3.55. The van der Waals surface area contributed by atoms with E-state index in [-0.39, 0.29) is 4.90 Å². The van der Waals surface area contributed by atoms with Crippen LogP contribution in [0.25, 0.3) is 11.0 Å². The number of thioether (sulfide) groups is 1. The van der Waals surface area contributed by atoms with Crippen molar-refractivity contribution in [2.75, 3.05) is 13.1 Å². The van der Waals surface area contributed by atoms with E-state index in [0.717, 1.165) is 28.6 Å². The third-order valence-electron chi connectivity index (χ3n) is 5.72. The van der Waals surface area contributed by atoms with Crippen molar-refractivity contribution in [1.82, 2.24) is 13.9 Å². The summed E-state index contributed by atoms with van der Waals surface area (Å²) in [6.07, 6.45) is 2.68. The zero-order valence-corrected chi connectivity index (χ0v) is 20.8. The molecule has 0 saturated carbocycles. The molecule has 2 aromatic carbocycles. The first-order chi connectivity index (χ1) is 16.0. The highest BCUT2D eigenvalue weighted by atomic mass is 32.2.